The maximum atomic E-state index is 12.8. The summed E-state index contributed by atoms with van der Waals surface area (Å²) in [5.74, 6) is -0.165. The first-order chi connectivity index (χ1) is 14.6. The van der Waals surface area contributed by atoms with Crippen molar-refractivity contribution in [3.8, 4) is 0 Å². The van der Waals surface area contributed by atoms with Crippen molar-refractivity contribution in [2.24, 2.45) is 5.10 Å². The molecule has 0 saturated carbocycles. The highest BCUT2D eigenvalue weighted by molar-refractivity contribution is 6.10. The lowest BCUT2D eigenvalue weighted by atomic mass is 10.2. The molecule has 0 unspecified atom stereocenters. The number of rotatable bonds is 6. The second-order valence-electron chi connectivity index (χ2n) is 6.86. The van der Waals surface area contributed by atoms with Crippen molar-refractivity contribution in [3.63, 3.8) is 0 Å². The van der Waals surface area contributed by atoms with Gasteiger partial charge in [-0.1, -0.05) is 42.0 Å². The molecule has 0 spiro atoms. The van der Waals surface area contributed by atoms with Crippen LogP contribution in [0.25, 0.3) is 22.2 Å². The van der Waals surface area contributed by atoms with E-state index in [0.29, 0.717) is 35.3 Å². The van der Waals surface area contributed by atoms with Crippen LogP contribution in [0.4, 0.5) is 5.82 Å². The Bertz CT molecular complexity index is 1240. The molecule has 3 N–H and O–H groups in total. The zero-order chi connectivity index (χ0) is 21.1. The van der Waals surface area contributed by atoms with E-state index in [1.165, 1.54) is 4.68 Å². The zero-order valence-electron chi connectivity index (χ0n) is 16.8. The highest BCUT2D eigenvalue weighted by Crippen LogP contribution is 2.27. The third kappa shape index (κ3) is 3.72. The van der Waals surface area contributed by atoms with Crippen LogP contribution in [0.2, 0.25) is 0 Å². The van der Waals surface area contributed by atoms with Crippen molar-refractivity contribution in [2.45, 2.75) is 6.92 Å². The predicted octanol–water partition coefficient (Wildman–Crippen LogP) is 2.73. The number of carbonyl (C=O) groups excluding carboxylic acids is 1. The van der Waals surface area contributed by atoms with Crippen LogP contribution in [0.3, 0.4) is 0 Å². The van der Waals surface area contributed by atoms with E-state index in [-0.39, 0.29) is 17.3 Å². The van der Waals surface area contributed by atoms with E-state index in [2.05, 4.69) is 20.4 Å². The van der Waals surface area contributed by atoms with Gasteiger partial charge in [-0.15, -0.1) is 0 Å². The van der Waals surface area contributed by atoms with Gasteiger partial charge < -0.3 is 15.8 Å². The summed E-state index contributed by atoms with van der Waals surface area (Å²) in [5, 5.41) is 7.30. The van der Waals surface area contributed by atoms with Gasteiger partial charge in [0.05, 0.1) is 23.9 Å². The maximum Gasteiger partial charge on any atom is 0.257 e. The summed E-state index contributed by atoms with van der Waals surface area (Å²) in [6.07, 6.45) is 1.68. The summed E-state index contributed by atoms with van der Waals surface area (Å²) in [6, 6.07) is 15.4. The van der Waals surface area contributed by atoms with Gasteiger partial charge in [0.1, 0.15) is 16.9 Å². The fraction of sp³-hybridized carbons (Fsp3) is 0.182. The van der Waals surface area contributed by atoms with E-state index >= 15 is 0 Å². The molecule has 152 valence electrons. The summed E-state index contributed by atoms with van der Waals surface area (Å²) >= 11 is 0. The highest BCUT2D eigenvalue weighted by atomic mass is 16.5. The number of nitrogens with two attached hydrogens (primary N) is 1. The topological polar surface area (TPSA) is 107 Å². The molecular formula is C22H22N6O2. The molecular weight excluding hydrogens is 380 g/mol. The molecule has 1 amide bonds. The second-order valence-corrected chi connectivity index (χ2v) is 6.86. The van der Waals surface area contributed by atoms with Gasteiger partial charge in [0.25, 0.3) is 5.91 Å². The number of nitrogens with one attached hydrogen (secondary N) is 1. The number of para-hydroxylation sites is 2. The van der Waals surface area contributed by atoms with Gasteiger partial charge in [0.15, 0.2) is 5.65 Å². The number of ether oxygens (including phenoxy) is 1. The molecule has 0 aliphatic carbocycles. The average molecular weight is 402 g/mol. The molecule has 2 heterocycles. The highest BCUT2D eigenvalue weighted by Gasteiger charge is 2.23. The first-order valence-electron chi connectivity index (χ1n) is 9.53. The number of anilines is 1. The second kappa shape index (κ2) is 8.30. The van der Waals surface area contributed by atoms with Gasteiger partial charge in [-0.3, -0.25) is 4.79 Å². The summed E-state index contributed by atoms with van der Waals surface area (Å²) in [7, 11) is 1.57. The molecule has 0 atom stereocenters. The molecule has 2 aromatic heterocycles. The van der Waals surface area contributed by atoms with Gasteiger partial charge in [0.2, 0.25) is 0 Å². The van der Waals surface area contributed by atoms with E-state index in [0.717, 1.165) is 11.1 Å². The zero-order valence-corrected chi connectivity index (χ0v) is 16.8. The normalized spacial score (nSPS) is 11.5. The molecule has 0 saturated heterocycles. The van der Waals surface area contributed by atoms with Crippen LogP contribution in [-0.4, -0.2) is 47.0 Å². The Morgan fingerprint density at radius 1 is 1.17 bits per heavy atom. The molecule has 4 rings (SSSR count). The van der Waals surface area contributed by atoms with E-state index in [1.807, 2.05) is 55.5 Å². The van der Waals surface area contributed by atoms with Gasteiger partial charge in [-0.25, -0.2) is 9.97 Å². The summed E-state index contributed by atoms with van der Waals surface area (Å²) in [5.41, 5.74) is 10.9. The molecule has 8 nitrogen and oxygen atoms in total. The van der Waals surface area contributed by atoms with Crippen LogP contribution in [0.15, 0.2) is 53.6 Å². The van der Waals surface area contributed by atoms with Crippen LogP contribution in [-0.2, 0) is 4.74 Å². The van der Waals surface area contributed by atoms with Crippen LogP contribution in [0.5, 0.6) is 0 Å². The van der Waals surface area contributed by atoms with Crippen LogP contribution >= 0.6 is 0 Å². The molecule has 0 fully saturated rings. The Hall–Kier alpha value is -3.78. The lowest BCUT2D eigenvalue weighted by molar-refractivity contribution is 0.0939. The van der Waals surface area contributed by atoms with Crippen LogP contribution < -0.4 is 11.1 Å². The Balaban J connectivity index is 1.85. The minimum Gasteiger partial charge on any atom is -0.383 e. The number of benzene rings is 2. The fourth-order valence-corrected chi connectivity index (χ4v) is 3.12. The third-order valence-corrected chi connectivity index (χ3v) is 4.69. The lowest BCUT2D eigenvalue weighted by Crippen LogP contribution is -2.27. The summed E-state index contributed by atoms with van der Waals surface area (Å²) in [4.78, 5) is 22.1. The number of carbonyl (C=O) groups is 1. The lowest BCUT2D eigenvalue weighted by Gasteiger charge is -2.04. The summed E-state index contributed by atoms with van der Waals surface area (Å²) < 4.78 is 6.46. The Labute approximate surface area is 173 Å². The van der Waals surface area contributed by atoms with E-state index in [9.17, 15) is 4.79 Å². The largest absolute Gasteiger partial charge is 0.383 e. The van der Waals surface area contributed by atoms with Crippen molar-refractivity contribution < 1.29 is 9.53 Å². The molecule has 0 aliphatic rings. The maximum absolute atomic E-state index is 12.8. The molecule has 0 aliphatic heterocycles. The van der Waals surface area contributed by atoms with Gasteiger partial charge in [0, 0.05) is 13.7 Å². The van der Waals surface area contributed by atoms with Crippen molar-refractivity contribution in [1.82, 2.24) is 20.0 Å². The Morgan fingerprint density at radius 3 is 2.57 bits per heavy atom. The number of hydrogen-bond acceptors (Lipinski definition) is 6. The molecule has 0 radical (unpaired) electrons. The van der Waals surface area contributed by atoms with E-state index in [4.69, 9.17) is 10.5 Å². The Kier molecular flexibility index (Phi) is 5.40. The number of nitrogens with zero attached hydrogens (tertiary/aromatic N) is 4. The number of fused-ring (bicyclic) bond motifs is 2. The number of methoxy groups -OCH3 is 1. The average Bonchev–Trinajstić information content (AvgIpc) is 3.02. The fourth-order valence-electron chi connectivity index (χ4n) is 3.12. The molecule has 8 heteroatoms. The minimum absolute atomic E-state index is 0.179. The van der Waals surface area contributed by atoms with Gasteiger partial charge >= 0.3 is 0 Å². The van der Waals surface area contributed by atoms with Crippen molar-refractivity contribution >= 4 is 40.1 Å². The number of hydrogen-bond donors (Lipinski definition) is 2. The quantitative estimate of drug-likeness (QED) is 0.381. The predicted molar refractivity (Wildman–Crippen MR) is 118 cm³/mol. The molecule has 30 heavy (non-hydrogen) atoms. The van der Waals surface area contributed by atoms with Crippen molar-refractivity contribution in [1.29, 1.82) is 0 Å². The van der Waals surface area contributed by atoms with E-state index in [1.54, 1.807) is 13.3 Å². The number of nitrogen functional groups attached to an aromatic ring is 1. The minimum atomic E-state index is -0.344. The van der Waals surface area contributed by atoms with E-state index < -0.39 is 0 Å². The van der Waals surface area contributed by atoms with Crippen LogP contribution in [0, 0.1) is 6.92 Å². The van der Waals surface area contributed by atoms with Gasteiger partial charge in [-0.2, -0.15) is 9.78 Å². The molecule has 0 bridgehead atoms. The first kappa shape index (κ1) is 19.5. The number of aryl methyl sites for hydroxylation is 1. The monoisotopic (exact) mass is 402 g/mol. The first-order valence-corrected chi connectivity index (χ1v) is 9.53. The van der Waals surface area contributed by atoms with Gasteiger partial charge in [-0.05, 0) is 24.6 Å². The van der Waals surface area contributed by atoms with Crippen LogP contribution in [0.1, 0.15) is 21.5 Å². The Morgan fingerprint density at radius 2 is 1.87 bits per heavy atom. The number of aromatic nitrogens is 3. The smallest absolute Gasteiger partial charge is 0.257 e. The SMILES string of the molecule is COCCNC(=O)c1c(N)n(N=Cc2ccc(C)cc2)c2nc3ccccc3nc12. The van der Waals surface area contributed by atoms with Crippen molar-refractivity contribution in [2.75, 3.05) is 26.0 Å². The third-order valence-electron chi connectivity index (χ3n) is 4.69. The number of amides is 1. The van der Waals surface area contributed by atoms with Crippen molar-refractivity contribution in [3.05, 3.63) is 65.2 Å². The molecule has 4 aromatic rings. The molecule has 2 aromatic carbocycles. The standard InChI is InChI=1S/C22H22N6O2/c1-14-7-9-15(10-8-14)13-25-28-20(23)18(22(29)24-11-12-30-2)19-21(28)27-17-6-4-3-5-16(17)26-19/h3-10,13H,11-12,23H2,1-2H3,(H,24,29). The summed E-state index contributed by atoms with van der Waals surface area (Å²) in [6.45, 7) is 2.77.